The fourth-order valence-electron chi connectivity index (χ4n) is 1.88. The van der Waals surface area contributed by atoms with Crippen LogP contribution in [-0.2, 0) is 9.84 Å². The molecule has 1 aromatic carbocycles. The number of ether oxygens (including phenoxy) is 2. The van der Waals surface area contributed by atoms with Crippen molar-refractivity contribution in [1.29, 1.82) is 0 Å². The van der Waals surface area contributed by atoms with Crippen LogP contribution in [0.5, 0.6) is 11.5 Å². The summed E-state index contributed by atoms with van der Waals surface area (Å²) in [5.74, 6) is 0.446. The van der Waals surface area contributed by atoms with Crippen LogP contribution in [0.25, 0.3) is 10.1 Å². The minimum absolute atomic E-state index is 0.201. The SMILES string of the molecule is CS(=O)(=O)CC(=O)c1cc2cc3c(cc2s1)OCO3. The van der Waals surface area contributed by atoms with Gasteiger partial charge < -0.3 is 9.47 Å². The molecule has 0 unspecified atom stereocenters. The topological polar surface area (TPSA) is 69.7 Å². The van der Waals surface area contributed by atoms with Gasteiger partial charge in [0.1, 0.15) is 5.75 Å². The van der Waals surface area contributed by atoms with E-state index in [0.29, 0.717) is 16.4 Å². The Kier molecular flexibility index (Phi) is 2.75. The van der Waals surface area contributed by atoms with Crippen molar-refractivity contribution in [3.05, 3.63) is 23.1 Å². The second-order valence-corrected chi connectivity index (χ2v) is 7.57. The largest absolute Gasteiger partial charge is 0.454 e. The molecule has 1 aliphatic heterocycles. The minimum Gasteiger partial charge on any atom is -0.454 e. The Labute approximate surface area is 113 Å². The summed E-state index contributed by atoms with van der Waals surface area (Å²) in [7, 11) is -3.31. The number of hydrogen-bond acceptors (Lipinski definition) is 6. The van der Waals surface area contributed by atoms with Gasteiger partial charge in [-0.15, -0.1) is 11.3 Å². The maximum absolute atomic E-state index is 11.9. The van der Waals surface area contributed by atoms with Crippen LogP contribution in [0.1, 0.15) is 9.67 Å². The lowest BCUT2D eigenvalue weighted by Crippen LogP contribution is -2.13. The van der Waals surface area contributed by atoms with E-state index in [1.807, 2.05) is 0 Å². The maximum Gasteiger partial charge on any atom is 0.231 e. The van der Waals surface area contributed by atoms with Crippen LogP contribution in [0.3, 0.4) is 0 Å². The van der Waals surface area contributed by atoms with Crippen molar-refractivity contribution in [2.45, 2.75) is 0 Å². The molecule has 3 rings (SSSR count). The molecule has 0 fully saturated rings. The summed E-state index contributed by atoms with van der Waals surface area (Å²) in [6.07, 6.45) is 1.05. The number of Topliss-reactive ketones (excluding diaryl/α,β-unsaturated/α-hetero) is 1. The van der Waals surface area contributed by atoms with Crippen molar-refractivity contribution in [1.82, 2.24) is 0 Å². The molecule has 1 aliphatic rings. The summed E-state index contributed by atoms with van der Waals surface area (Å²) in [6.45, 7) is 0.201. The lowest BCUT2D eigenvalue weighted by Gasteiger charge is -1.94. The van der Waals surface area contributed by atoms with Gasteiger partial charge >= 0.3 is 0 Å². The fraction of sp³-hybridized carbons (Fsp3) is 0.250. The van der Waals surface area contributed by atoms with Crippen LogP contribution in [0.15, 0.2) is 18.2 Å². The Morgan fingerprint density at radius 3 is 2.63 bits per heavy atom. The van der Waals surface area contributed by atoms with E-state index in [9.17, 15) is 13.2 Å². The van der Waals surface area contributed by atoms with Gasteiger partial charge in [0.05, 0.1) is 4.88 Å². The first-order chi connectivity index (χ1) is 8.92. The number of benzene rings is 1. The van der Waals surface area contributed by atoms with E-state index in [2.05, 4.69) is 0 Å². The standard InChI is InChI=1S/C12H10O5S2/c1-19(14,15)5-8(13)12-3-7-2-9-10(17-6-16-9)4-11(7)18-12/h2-4H,5-6H2,1H3. The first-order valence-electron chi connectivity index (χ1n) is 5.46. The normalized spacial score (nSPS) is 13.9. The summed E-state index contributed by atoms with van der Waals surface area (Å²) >= 11 is 1.26. The van der Waals surface area contributed by atoms with Crippen LogP contribution < -0.4 is 9.47 Å². The van der Waals surface area contributed by atoms with Crippen molar-refractivity contribution in [3.63, 3.8) is 0 Å². The van der Waals surface area contributed by atoms with E-state index in [-0.39, 0.29) is 12.6 Å². The van der Waals surface area contributed by atoms with Gasteiger partial charge in [0.15, 0.2) is 27.1 Å². The highest BCUT2D eigenvalue weighted by atomic mass is 32.2. The van der Waals surface area contributed by atoms with Crippen LogP contribution in [0.4, 0.5) is 0 Å². The van der Waals surface area contributed by atoms with Crippen LogP contribution in [0, 0.1) is 0 Å². The van der Waals surface area contributed by atoms with Gasteiger partial charge in [0.25, 0.3) is 0 Å². The number of rotatable bonds is 3. The summed E-state index contributed by atoms with van der Waals surface area (Å²) < 4.78 is 33.7. The van der Waals surface area contributed by atoms with Crippen molar-refractivity contribution in [2.75, 3.05) is 18.8 Å². The summed E-state index contributed by atoms with van der Waals surface area (Å²) in [5, 5.41) is 0.853. The second-order valence-electron chi connectivity index (χ2n) is 4.35. The predicted octanol–water partition coefficient (Wildman–Crippen LogP) is 1.86. The predicted molar refractivity (Wildman–Crippen MR) is 72.0 cm³/mol. The first-order valence-corrected chi connectivity index (χ1v) is 8.34. The third kappa shape index (κ3) is 2.43. The smallest absolute Gasteiger partial charge is 0.231 e. The molecular weight excluding hydrogens is 288 g/mol. The average Bonchev–Trinajstić information content (AvgIpc) is 2.87. The Morgan fingerprint density at radius 2 is 1.95 bits per heavy atom. The van der Waals surface area contributed by atoms with Crippen LogP contribution >= 0.6 is 11.3 Å². The maximum atomic E-state index is 11.9. The summed E-state index contributed by atoms with van der Waals surface area (Å²) in [6, 6.07) is 5.29. The lowest BCUT2D eigenvalue weighted by atomic mass is 10.2. The molecule has 0 N–H and O–H groups in total. The van der Waals surface area contributed by atoms with Gasteiger partial charge in [-0.05, 0) is 17.5 Å². The van der Waals surface area contributed by atoms with Crippen molar-refractivity contribution < 1.29 is 22.7 Å². The highest BCUT2D eigenvalue weighted by Crippen LogP contribution is 2.39. The Morgan fingerprint density at radius 1 is 1.26 bits per heavy atom. The van der Waals surface area contributed by atoms with Crippen molar-refractivity contribution in [3.8, 4) is 11.5 Å². The number of ketones is 1. The molecule has 100 valence electrons. The molecule has 19 heavy (non-hydrogen) atoms. The van der Waals surface area contributed by atoms with Crippen LogP contribution in [0.2, 0.25) is 0 Å². The van der Waals surface area contributed by atoms with Crippen molar-refractivity contribution >= 4 is 37.0 Å². The van der Waals surface area contributed by atoms with Gasteiger partial charge in [0.2, 0.25) is 6.79 Å². The van der Waals surface area contributed by atoms with Crippen LogP contribution in [-0.4, -0.2) is 33.0 Å². The monoisotopic (exact) mass is 298 g/mol. The van der Waals surface area contributed by atoms with E-state index < -0.39 is 15.6 Å². The molecule has 0 saturated heterocycles. The highest BCUT2D eigenvalue weighted by Gasteiger charge is 2.19. The zero-order chi connectivity index (χ0) is 13.6. The average molecular weight is 298 g/mol. The Balaban J connectivity index is 2.01. The Bertz CT molecular complexity index is 732. The molecule has 0 amide bonds. The molecule has 1 aromatic heterocycles. The number of carbonyl (C=O) groups is 1. The van der Waals surface area contributed by atoms with E-state index in [4.69, 9.17) is 9.47 Å². The lowest BCUT2D eigenvalue weighted by molar-refractivity contribution is 0.102. The minimum atomic E-state index is -3.31. The van der Waals surface area contributed by atoms with Gasteiger partial charge in [-0.2, -0.15) is 0 Å². The molecule has 2 aromatic rings. The summed E-state index contributed by atoms with van der Waals surface area (Å²) in [4.78, 5) is 12.3. The molecule has 0 atom stereocenters. The molecule has 0 bridgehead atoms. The molecule has 0 spiro atoms. The van der Waals surface area contributed by atoms with Gasteiger partial charge in [0, 0.05) is 17.0 Å². The van der Waals surface area contributed by atoms with E-state index in [0.717, 1.165) is 16.3 Å². The van der Waals surface area contributed by atoms with E-state index >= 15 is 0 Å². The quantitative estimate of drug-likeness (QED) is 0.809. The number of sulfone groups is 1. The number of carbonyl (C=O) groups excluding carboxylic acids is 1. The third-order valence-electron chi connectivity index (χ3n) is 2.68. The number of fused-ring (bicyclic) bond motifs is 2. The zero-order valence-electron chi connectivity index (χ0n) is 10.0. The highest BCUT2D eigenvalue weighted by molar-refractivity contribution is 7.91. The van der Waals surface area contributed by atoms with Gasteiger partial charge in [-0.3, -0.25) is 4.79 Å². The molecule has 2 heterocycles. The molecular formula is C12H10O5S2. The third-order valence-corrected chi connectivity index (χ3v) is 4.61. The van der Waals surface area contributed by atoms with E-state index in [1.165, 1.54) is 11.3 Å². The van der Waals surface area contributed by atoms with Gasteiger partial charge in [-0.25, -0.2) is 8.42 Å². The van der Waals surface area contributed by atoms with E-state index in [1.54, 1.807) is 18.2 Å². The zero-order valence-corrected chi connectivity index (χ0v) is 11.6. The molecule has 0 saturated carbocycles. The van der Waals surface area contributed by atoms with Gasteiger partial charge in [-0.1, -0.05) is 0 Å². The molecule has 0 aliphatic carbocycles. The summed E-state index contributed by atoms with van der Waals surface area (Å²) in [5.41, 5.74) is 0. The van der Waals surface area contributed by atoms with Crippen molar-refractivity contribution in [2.24, 2.45) is 0 Å². The number of hydrogen-bond donors (Lipinski definition) is 0. The Hall–Kier alpha value is -1.60. The first kappa shape index (κ1) is 12.4. The second kappa shape index (κ2) is 4.21. The molecule has 0 radical (unpaired) electrons. The fourth-order valence-corrected chi connectivity index (χ4v) is 3.61. The number of thiophene rings is 1. The molecule has 5 nitrogen and oxygen atoms in total. The molecule has 7 heteroatoms.